The van der Waals surface area contributed by atoms with E-state index in [0.29, 0.717) is 45.1 Å². The molecule has 6 heteroatoms. The van der Waals surface area contributed by atoms with Crippen LogP contribution in [0.5, 0.6) is 0 Å². The van der Waals surface area contributed by atoms with E-state index < -0.39 is 11.9 Å². The van der Waals surface area contributed by atoms with Gasteiger partial charge in [0.1, 0.15) is 0 Å². The van der Waals surface area contributed by atoms with Crippen LogP contribution in [0.2, 0.25) is 0 Å². The molecular weight excluding hydrogens is 274 g/mol. The van der Waals surface area contributed by atoms with Gasteiger partial charge in [-0.3, -0.25) is 9.59 Å². The molecule has 1 aliphatic rings. The van der Waals surface area contributed by atoms with Crippen molar-refractivity contribution in [2.24, 2.45) is 17.8 Å². The van der Waals surface area contributed by atoms with Crippen LogP contribution in [0.25, 0.3) is 0 Å². The lowest BCUT2D eigenvalue weighted by atomic mass is 9.95. The van der Waals surface area contributed by atoms with Crippen molar-refractivity contribution in [2.75, 3.05) is 33.5 Å². The van der Waals surface area contributed by atoms with Gasteiger partial charge >= 0.3 is 5.97 Å². The molecule has 0 heterocycles. The Morgan fingerprint density at radius 1 is 1.14 bits per heavy atom. The molecule has 3 atom stereocenters. The van der Waals surface area contributed by atoms with Crippen molar-refractivity contribution in [3.05, 3.63) is 0 Å². The van der Waals surface area contributed by atoms with Crippen LogP contribution in [-0.4, -0.2) is 50.5 Å². The minimum Gasteiger partial charge on any atom is -0.481 e. The van der Waals surface area contributed by atoms with Crippen LogP contribution in [0.1, 0.15) is 32.6 Å². The second kappa shape index (κ2) is 9.73. The summed E-state index contributed by atoms with van der Waals surface area (Å²) in [5.74, 6) is -1.58. The SMILES string of the molecule is COCCOCCCCNC(=O)[C@H]1CC(C)C[C@H]1C(=O)O. The number of aliphatic carboxylic acids is 1. The molecule has 1 unspecified atom stereocenters. The van der Waals surface area contributed by atoms with Crippen molar-refractivity contribution >= 4 is 11.9 Å². The van der Waals surface area contributed by atoms with Crippen molar-refractivity contribution in [1.82, 2.24) is 5.32 Å². The van der Waals surface area contributed by atoms with E-state index in [1.165, 1.54) is 0 Å². The predicted octanol–water partition coefficient (Wildman–Crippen LogP) is 1.29. The van der Waals surface area contributed by atoms with E-state index >= 15 is 0 Å². The monoisotopic (exact) mass is 301 g/mol. The van der Waals surface area contributed by atoms with Crippen LogP contribution < -0.4 is 5.32 Å². The number of amides is 1. The topological polar surface area (TPSA) is 84.9 Å². The number of hydrogen-bond acceptors (Lipinski definition) is 4. The molecule has 0 radical (unpaired) electrons. The quantitative estimate of drug-likeness (QED) is 0.594. The van der Waals surface area contributed by atoms with Gasteiger partial charge in [0.25, 0.3) is 0 Å². The lowest BCUT2D eigenvalue weighted by Gasteiger charge is -2.15. The molecule has 0 aromatic carbocycles. The first-order chi connectivity index (χ1) is 10.1. The molecule has 6 nitrogen and oxygen atoms in total. The molecular formula is C15H27NO5. The second-order valence-corrected chi connectivity index (χ2v) is 5.73. The third-order valence-electron chi connectivity index (χ3n) is 3.90. The predicted molar refractivity (Wildman–Crippen MR) is 78.0 cm³/mol. The zero-order valence-corrected chi connectivity index (χ0v) is 13.0. The highest BCUT2D eigenvalue weighted by Gasteiger charge is 2.40. The summed E-state index contributed by atoms with van der Waals surface area (Å²) < 4.78 is 10.2. The Kier molecular flexibility index (Phi) is 8.30. The maximum absolute atomic E-state index is 12.1. The molecule has 1 aliphatic carbocycles. The number of unbranched alkanes of at least 4 members (excludes halogenated alkanes) is 1. The van der Waals surface area contributed by atoms with Gasteiger partial charge in [-0.1, -0.05) is 6.92 Å². The minimum atomic E-state index is -0.856. The number of carboxylic acid groups (broad SMARTS) is 1. The molecule has 21 heavy (non-hydrogen) atoms. The van der Waals surface area contributed by atoms with Gasteiger partial charge in [0, 0.05) is 20.3 Å². The van der Waals surface area contributed by atoms with Gasteiger partial charge in [0.15, 0.2) is 0 Å². The van der Waals surface area contributed by atoms with E-state index in [-0.39, 0.29) is 11.8 Å². The number of hydrogen-bond donors (Lipinski definition) is 2. The molecule has 2 N–H and O–H groups in total. The Morgan fingerprint density at radius 2 is 1.86 bits per heavy atom. The molecule has 1 fully saturated rings. The van der Waals surface area contributed by atoms with Crippen molar-refractivity contribution in [2.45, 2.75) is 32.6 Å². The van der Waals surface area contributed by atoms with Crippen LogP contribution in [0, 0.1) is 17.8 Å². The molecule has 0 aromatic rings. The average Bonchev–Trinajstić information content (AvgIpc) is 2.84. The Morgan fingerprint density at radius 3 is 2.52 bits per heavy atom. The van der Waals surface area contributed by atoms with Gasteiger partial charge in [0.2, 0.25) is 5.91 Å². The van der Waals surface area contributed by atoms with Crippen molar-refractivity contribution in [3.8, 4) is 0 Å². The largest absolute Gasteiger partial charge is 0.481 e. The fourth-order valence-electron chi connectivity index (χ4n) is 2.77. The zero-order valence-electron chi connectivity index (χ0n) is 13.0. The Labute approximate surface area is 126 Å². The maximum Gasteiger partial charge on any atom is 0.307 e. The summed E-state index contributed by atoms with van der Waals surface area (Å²) in [6, 6.07) is 0. The van der Waals surface area contributed by atoms with Gasteiger partial charge in [-0.25, -0.2) is 0 Å². The van der Waals surface area contributed by atoms with Gasteiger partial charge in [-0.05, 0) is 31.6 Å². The van der Waals surface area contributed by atoms with Crippen molar-refractivity contribution in [3.63, 3.8) is 0 Å². The maximum atomic E-state index is 12.1. The van der Waals surface area contributed by atoms with Gasteiger partial charge in [0.05, 0.1) is 25.0 Å². The van der Waals surface area contributed by atoms with Crippen molar-refractivity contribution in [1.29, 1.82) is 0 Å². The number of nitrogens with one attached hydrogen (secondary N) is 1. The number of methoxy groups -OCH3 is 1. The number of carbonyl (C=O) groups is 2. The summed E-state index contributed by atoms with van der Waals surface area (Å²) in [5.41, 5.74) is 0. The first-order valence-electron chi connectivity index (χ1n) is 7.63. The van der Waals surface area contributed by atoms with Crippen molar-refractivity contribution < 1.29 is 24.2 Å². The minimum absolute atomic E-state index is 0.118. The van der Waals surface area contributed by atoms with Gasteiger partial charge < -0.3 is 19.9 Å². The van der Waals surface area contributed by atoms with Crippen LogP contribution in [0.3, 0.4) is 0 Å². The molecule has 1 rings (SSSR count). The fourth-order valence-corrected chi connectivity index (χ4v) is 2.77. The molecule has 122 valence electrons. The molecule has 1 saturated carbocycles. The van der Waals surface area contributed by atoms with Crippen LogP contribution in [-0.2, 0) is 19.1 Å². The third-order valence-corrected chi connectivity index (χ3v) is 3.90. The van der Waals surface area contributed by atoms with E-state index in [4.69, 9.17) is 14.6 Å². The van der Waals surface area contributed by atoms with Gasteiger partial charge in [-0.2, -0.15) is 0 Å². The summed E-state index contributed by atoms with van der Waals surface area (Å²) in [7, 11) is 1.63. The summed E-state index contributed by atoms with van der Waals surface area (Å²) in [5, 5.41) is 12.0. The summed E-state index contributed by atoms with van der Waals surface area (Å²) in [4.78, 5) is 23.2. The van der Waals surface area contributed by atoms with Gasteiger partial charge in [-0.15, -0.1) is 0 Å². The molecule has 1 amide bonds. The van der Waals surface area contributed by atoms with Crippen LogP contribution in [0.4, 0.5) is 0 Å². The summed E-state index contributed by atoms with van der Waals surface area (Å²) >= 11 is 0. The highest BCUT2D eigenvalue weighted by Crippen LogP contribution is 2.36. The lowest BCUT2D eigenvalue weighted by Crippen LogP contribution is -2.35. The number of carboxylic acids is 1. The lowest BCUT2D eigenvalue weighted by molar-refractivity contribution is -0.146. The van der Waals surface area contributed by atoms with E-state index in [1.54, 1.807) is 7.11 Å². The standard InChI is InChI=1S/C15H27NO5/c1-11-9-12(13(10-11)15(18)19)14(17)16-5-3-4-6-21-8-7-20-2/h11-13H,3-10H2,1-2H3,(H,16,17)(H,18,19)/t11?,12-,13+/m0/s1. The van der Waals surface area contributed by atoms with E-state index in [1.807, 2.05) is 6.92 Å². The summed E-state index contributed by atoms with van der Waals surface area (Å²) in [6.07, 6.45) is 2.97. The second-order valence-electron chi connectivity index (χ2n) is 5.73. The Hall–Kier alpha value is -1.14. The summed E-state index contributed by atoms with van der Waals surface area (Å²) in [6.45, 7) is 4.40. The molecule has 0 bridgehead atoms. The molecule has 0 aliphatic heterocycles. The Balaban J connectivity index is 2.14. The highest BCUT2D eigenvalue weighted by atomic mass is 16.5. The number of ether oxygens (including phenoxy) is 2. The number of rotatable bonds is 10. The highest BCUT2D eigenvalue weighted by molar-refractivity contribution is 5.85. The van der Waals surface area contributed by atoms with Crippen LogP contribution in [0.15, 0.2) is 0 Å². The third kappa shape index (κ3) is 6.44. The normalized spacial score (nSPS) is 25.0. The first-order valence-corrected chi connectivity index (χ1v) is 7.63. The first kappa shape index (κ1) is 17.9. The molecule has 0 aromatic heterocycles. The smallest absolute Gasteiger partial charge is 0.307 e. The number of carbonyl (C=O) groups excluding carboxylic acids is 1. The Bertz CT molecular complexity index is 334. The van der Waals surface area contributed by atoms with E-state index in [2.05, 4.69) is 5.32 Å². The zero-order chi connectivity index (χ0) is 15.7. The molecule has 0 saturated heterocycles. The fraction of sp³-hybridized carbons (Fsp3) is 0.867. The van der Waals surface area contributed by atoms with E-state index in [9.17, 15) is 9.59 Å². The average molecular weight is 301 g/mol. The molecule has 0 spiro atoms. The van der Waals surface area contributed by atoms with Crippen LogP contribution >= 0.6 is 0 Å². The van der Waals surface area contributed by atoms with E-state index in [0.717, 1.165) is 12.8 Å².